The Morgan fingerprint density at radius 1 is 0.765 bits per heavy atom. The molecule has 0 aliphatic carbocycles. The number of rotatable bonds is 7. The molecule has 4 heteroatoms. The quantitative estimate of drug-likeness (QED) is 0.234. The SMILES string of the molecule is Clc1cc(CN=C(c2ccccc2)c2ccccc2)c(OCc2ccccc2)c2ncccc12. The minimum atomic E-state index is 0.412. The van der Waals surface area contributed by atoms with Crippen molar-refractivity contribution in [1.29, 1.82) is 0 Å². The minimum absolute atomic E-state index is 0.412. The van der Waals surface area contributed by atoms with E-state index < -0.39 is 0 Å². The Labute approximate surface area is 204 Å². The van der Waals surface area contributed by atoms with E-state index >= 15 is 0 Å². The van der Waals surface area contributed by atoms with Crippen LogP contribution < -0.4 is 4.74 Å². The van der Waals surface area contributed by atoms with Gasteiger partial charge >= 0.3 is 0 Å². The average molecular weight is 463 g/mol. The first-order chi connectivity index (χ1) is 16.8. The number of ether oxygens (including phenoxy) is 1. The molecule has 0 aliphatic heterocycles. The third kappa shape index (κ3) is 4.85. The van der Waals surface area contributed by atoms with Gasteiger partial charge in [0.15, 0.2) is 5.75 Å². The molecule has 34 heavy (non-hydrogen) atoms. The first-order valence-corrected chi connectivity index (χ1v) is 11.6. The molecule has 5 aromatic rings. The molecule has 0 saturated heterocycles. The maximum Gasteiger partial charge on any atom is 0.151 e. The second-order valence-electron chi connectivity index (χ2n) is 7.92. The lowest BCUT2D eigenvalue weighted by Crippen LogP contribution is -2.05. The molecule has 0 fully saturated rings. The highest BCUT2D eigenvalue weighted by molar-refractivity contribution is 6.35. The zero-order valence-electron chi connectivity index (χ0n) is 18.6. The summed E-state index contributed by atoms with van der Waals surface area (Å²) in [4.78, 5) is 9.65. The lowest BCUT2D eigenvalue weighted by atomic mass is 10.0. The van der Waals surface area contributed by atoms with E-state index in [2.05, 4.69) is 29.2 Å². The fourth-order valence-electron chi connectivity index (χ4n) is 3.94. The molecule has 0 atom stereocenters. The third-order valence-electron chi connectivity index (χ3n) is 5.60. The summed E-state index contributed by atoms with van der Waals surface area (Å²) in [6.07, 6.45) is 1.76. The molecule has 166 valence electrons. The van der Waals surface area contributed by atoms with Crippen LogP contribution in [-0.4, -0.2) is 10.7 Å². The summed E-state index contributed by atoms with van der Waals surface area (Å²) >= 11 is 6.66. The van der Waals surface area contributed by atoms with E-state index in [0.29, 0.717) is 23.9 Å². The van der Waals surface area contributed by atoms with Gasteiger partial charge in [-0.05, 0) is 23.8 Å². The maximum atomic E-state index is 6.66. The highest BCUT2D eigenvalue weighted by atomic mass is 35.5. The molecular weight excluding hydrogens is 440 g/mol. The Hall–Kier alpha value is -3.95. The topological polar surface area (TPSA) is 34.5 Å². The van der Waals surface area contributed by atoms with Gasteiger partial charge in [0, 0.05) is 28.3 Å². The Bertz CT molecular complexity index is 1380. The third-order valence-corrected chi connectivity index (χ3v) is 5.91. The number of pyridine rings is 1. The number of fused-ring (bicyclic) bond motifs is 1. The summed E-state index contributed by atoms with van der Waals surface area (Å²) in [5.41, 5.74) is 5.78. The number of nitrogens with zero attached hydrogens (tertiary/aromatic N) is 2. The Morgan fingerprint density at radius 2 is 1.38 bits per heavy atom. The lowest BCUT2D eigenvalue weighted by Gasteiger charge is -2.15. The van der Waals surface area contributed by atoms with Gasteiger partial charge in [0.1, 0.15) is 12.1 Å². The second-order valence-corrected chi connectivity index (χ2v) is 8.32. The number of aromatic nitrogens is 1. The van der Waals surface area contributed by atoms with Crippen LogP contribution in [0.5, 0.6) is 5.75 Å². The highest BCUT2D eigenvalue weighted by Gasteiger charge is 2.15. The van der Waals surface area contributed by atoms with Crippen molar-refractivity contribution in [3.63, 3.8) is 0 Å². The van der Waals surface area contributed by atoms with Crippen LogP contribution in [0.3, 0.4) is 0 Å². The minimum Gasteiger partial charge on any atom is -0.486 e. The van der Waals surface area contributed by atoms with Gasteiger partial charge in [-0.2, -0.15) is 0 Å². The Kier molecular flexibility index (Phi) is 6.64. The first-order valence-electron chi connectivity index (χ1n) is 11.2. The van der Waals surface area contributed by atoms with Gasteiger partial charge in [0.05, 0.1) is 17.3 Å². The Balaban J connectivity index is 1.57. The molecule has 4 aromatic carbocycles. The summed E-state index contributed by atoms with van der Waals surface area (Å²) in [7, 11) is 0. The smallest absolute Gasteiger partial charge is 0.151 e. The predicted molar refractivity (Wildman–Crippen MR) is 140 cm³/mol. The number of hydrogen-bond acceptors (Lipinski definition) is 3. The van der Waals surface area contributed by atoms with Crippen molar-refractivity contribution in [2.24, 2.45) is 4.99 Å². The molecule has 0 amide bonds. The molecule has 1 aromatic heterocycles. The molecule has 0 saturated carbocycles. The molecule has 0 N–H and O–H groups in total. The van der Waals surface area contributed by atoms with E-state index in [1.54, 1.807) is 6.20 Å². The number of halogens is 1. The monoisotopic (exact) mass is 462 g/mol. The van der Waals surface area contributed by atoms with E-state index in [1.807, 2.05) is 84.9 Å². The molecule has 3 nitrogen and oxygen atoms in total. The van der Waals surface area contributed by atoms with Gasteiger partial charge in [-0.15, -0.1) is 0 Å². The summed E-state index contributed by atoms with van der Waals surface area (Å²) in [6, 6.07) is 36.3. The van der Waals surface area contributed by atoms with E-state index in [9.17, 15) is 0 Å². The standard InChI is InChI=1S/C30H23ClN2O/c31-27-19-25(20-33-28(23-13-6-2-7-14-23)24-15-8-3-9-16-24)30(29-26(27)17-10-18-32-29)34-21-22-11-4-1-5-12-22/h1-19H,20-21H2. The zero-order chi connectivity index (χ0) is 23.2. The summed E-state index contributed by atoms with van der Waals surface area (Å²) in [5.74, 6) is 0.716. The summed E-state index contributed by atoms with van der Waals surface area (Å²) in [6.45, 7) is 0.852. The van der Waals surface area contributed by atoms with Crippen molar-refractivity contribution >= 4 is 28.2 Å². The van der Waals surface area contributed by atoms with E-state index in [4.69, 9.17) is 21.3 Å². The highest BCUT2D eigenvalue weighted by Crippen LogP contribution is 2.35. The van der Waals surface area contributed by atoms with Crippen LogP contribution in [0.1, 0.15) is 22.3 Å². The van der Waals surface area contributed by atoms with Crippen molar-refractivity contribution in [3.8, 4) is 5.75 Å². The fraction of sp³-hybridized carbons (Fsp3) is 0.0667. The molecule has 0 radical (unpaired) electrons. The largest absolute Gasteiger partial charge is 0.486 e. The predicted octanol–water partition coefficient (Wildman–Crippen LogP) is 7.50. The van der Waals surface area contributed by atoms with Gasteiger partial charge in [-0.1, -0.05) is 103 Å². The molecule has 1 heterocycles. The van der Waals surface area contributed by atoms with E-state index in [1.165, 1.54) is 0 Å². The van der Waals surface area contributed by atoms with Crippen LogP contribution in [0.25, 0.3) is 10.9 Å². The zero-order valence-corrected chi connectivity index (χ0v) is 19.3. The number of aliphatic imine (C=N–C) groups is 1. The molecule has 0 aliphatic rings. The molecular formula is C30H23ClN2O. The van der Waals surface area contributed by atoms with Gasteiger partial charge in [-0.3, -0.25) is 9.98 Å². The summed E-state index contributed by atoms with van der Waals surface area (Å²) in [5, 5.41) is 1.51. The number of hydrogen-bond donors (Lipinski definition) is 0. The first kappa shape index (κ1) is 21.9. The van der Waals surface area contributed by atoms with Crippen molar-refractivity contribution in [3.05, 3.63) is 143 Å². The van der Waals surface area contributed by atoms with Crippen LogP contribution in [0.15, 0.2) is 120 Å². The van der Waals surface area contributed by atoms with Crippen molar-refractivity contribution in [1.82, 2.24) is 4.98 Å². The number of benzene rings is 4. The van der Waals surface area contributed by atoms with Gasteiger partial charge < -0.3 is 4.74 Å². The van der Waals surface area contributed by atoms with Crippen LogP contribution in [0.4, 0.5) is 0 Å². The fourth-order valence-corrected chi connectivity index (χ4v) is 4.23. The maximum absolute atomic E-state index is 6.66. The summed E-state index contributed by atoms with van der Waals surface area (Å²) < 4.78 is 6.34. The normalized spacial score (nSPS) is 10.7. The van der Waals surface area contributed by atoms with Gasteiger partial charge in [0.25, 0.3) is 0 Å². The van der Waals surface area contributed by atoms with E-state index in [-0.39, 0.29) is 0 Å². The van der Waals surface area contributed by atoms with Crippen LogP contribution in [0.2, 0.25) is 5.02 Å². The van der Waals surface area contributed by atoms with Crippen LogP contribution in [-0.2, 0) is 13.2 Å². The molecule has 0 bridgehead atoms. The van der Waals surface area contributed by atoms with Gasteiger partial charge in [0.2, 0.25) is 0 Å². The van der Waals surface area contributed by atoms with E-state index in [0.717, 1.165) is 38.9 Å². The van der Waals surface area contributed by atoms with Crippen LogP contribution in [0, 0.1) is 0 Å². The van der Waals surface area contributed by atoms with Gasteiger partial charge in [-0.25, -0.2) is 0 Å². The van der Waals surface area contributed by atoms with Crippen LogP contribution >= 0.6 is 11.6 Å². The molecule has 0 unspecified atom stereocenters. The average Bonchev–Trinajstić information content (AvgIpc) is 2.90. The van der Waals surface area contributed by atoms with Crippen molar-refractivity contribution in [2.45, 2.75) is 13.2 Å². The molecule has 0 spiro atoms. The van der Waals surface area contributed by atoms with Crippen molar-refractivity contribution < 1.29 is 4.74 Å². The second kappa shape index (κ2) is 10.3. The Morgan fingerprint density at radius 3 is 2.03 bits per heavy atom. The molecule has 5 rings (SSSR count). The van der Waals surface area contributed by atoms with Crippen molar-refractivity contribution in [2.75, 3.05) is 0 Å². The lowest BCUT2D eigenvalue weighted by molar-refractivity contribution is 0.306.